The number of halogens is 1. The smallest absolute Gasteiger partial charge is 0.329 e. The van der Waals surface area contributed by atoms with Gasteiger partial charge in [-0.3, -0.25) is 4.79 Å². The lowest BCUT2D eigenvalue weighted by Gasteiger charge is -2.36. The van der Waals surface area contributed by atoms with Gasteiger partial charge in [-0.15, -0.1) is 0 Å². The first kappa shape index (κ1) is 16.8. The minimum Gasteiger partial charge on any atom is -0.480 e. The van der Waals surface area contributed by atoms with Crippen molar-refractivity contribution in [2.45, 2.75) is 31.7 Å². The van der Waals surface area contributed by atoms with Gasteiger partial charge in [-0.1, -0.05) is 23.7 Å². The maximum Gasteiger partial charge on any atom is 0.329 e. The number of ether oxygens (including phenoxy) is 1. The minimum atomic E-state index is -1.08. The molecule has 1 aliphatic heterocycles. The van der Waals surface area contributed by atoms with Gasteiger partial charge in [-0.25, -0.2) is 4.79 Å². The van der Waals surface area contributed by atoms with Crippen LogP contribution in [-0.4, -0.2) is 47.2 Å². The van der Waals surface area contributed by atoms with Crippen LogP contribution in [0.3, 0.4) is 0 Å². The molecule has 0 saturated carbocycles. The molecule has 0 aliphatic carbocycles. The van der Waals surface area contributed by atoms with Crippen LogP contribution in [0.2, 0.25) is 5.02 Å². The number of benzene rings is 1. The first-order valence-corrected chi connectivity index (χ1v) is 7.55. The Hall–Kier alpha value is -1.59. The number of rotatable bonds is 5. The number of amides is 1. The van der Waals surface area contributed by atoms with Gasteiger partial charge in [-0.05, 0) is 38.0 Å². The average Bonchev–Trinajstić information content (AvgIpc) is 2.74. The number of carbonyl (C=O) groups excluding carboxylic acids is 1. The minimum absolute atomic E-state index is 0.178. The fourth-order valence-electron chi connectivity index (χ4n) is 3.11. The predicted molar refractivity (Wildman–Crippen MR) is 83.1 cm³/mol. The van der Waals surface area contributed by atoms with Crippen LogP contribution in [0.15, 0.2) is 24.3 Å². The van der Waals surface area contributed by atoms with Crippen LogP contribution >= 0.6 is 11.6 Å². The number of likely N-dealkylation sites (tertiary alicyclic amines) is 1. The lowest BCUT2D eigenvalue weighted by atomic mass is 9.83. The molecule has 22 heavy (non-hydrogen) atoms. The highest BCUT2D eigenvalue weighted by atomic mass is 35.5. The van der Waals surface area contributed by atoms with E-state index >= 15 is 0 Å². The van der Waals surface area contributed by atoms with E-state index in [4.69, 9.17) is 21.4 Å². The number of carboxylic acid groups (broad SMARTS) is 1. The van der Waals surface area contributed by atoms with Crippen LogP contribution in [0, 0.1) is 0 Å². The van der Waals surface area contributed by atoms with E-state index in [0.717, 1.165) is 12.0 Å². The zero-order chi connectivity index (χ0) is 16.3. The van der Waals surface area contributed by atoms with Crippen LogP contribution in [0.25, 0.3) is 0 Å². The molecule has 1 unspecified atom stereocenters. The Balaban J connectivity index is 2.05. The molecule has 1 heterocycles. The molecule has 0 bridgehead atoms. The second kappa shape index (κ2) is 6.67. The molecule has 1 N–H and O–H groups in total. The molecule has 5 nitrogen and oxygen atoms in total. The van der Waals surface area contributed by atoms with E-state index in [1.54, 1.807) is 4.90 Å². The van der Waals surface area contributed by atoms with Crippen molar-refractivity contribution in [3.8, 4) is 0 Å². The van der Waals surface area contributed by atoms with Crippen LogP contribution < -0.4 is 0 Å². The topological polar surface area (TPSA) is 66.8 Å². The normalized spacial score (nSPS) is 20.1. The number of hydrogen-bond donors (Lipinski definition) is 1. The summed E-state index contributed by atoms with van der Waals surface area (Å²) < 4.78 is 4.91. The standard InChI is InChI=1S/C16H20ClNO4/c1-16(2)13(11-3-5-12(17)6-4-11)7-8-18(16)14(19)9-22-10-15(20)21/h3-6,13H,7-10H2,1-2H3,(H,20,21). The van der Waals surface area contributed by atoms with Crippen LogP contribution in [0.5, 0.6) is 0 Å². The highest BCUT2D eigenvalue weighted by Gasteiger charge is 2.44. The van der Waals surface area contributed by atoms with Gasteiger partial charge in [-0.2, -0.15) is 0 Å². The highest BCUT2D eigenvalue weighted by molar-refractivity contribution is 6.30. The fourth-order valence-corrected chi connectivity index (χ4v) is 3.23. The Kier molecular flexibility index (Phi) is 5.08. The summed E-state index contributed by atoms with van der Waals surface area (Å²) in [6.07, 6.45) is 0.860. The van der Waals surface area contributed by atoms with E-state index in [1.807, 2.05) is 38.1 Å². The molecular weight excluding hydrogens is 306 g/mol. The summed E-state index contributed by atoms with van der Waals surface area (Å²) in [6, 6.07) is 7.69. The third-order valence-electron chi connectivity index (χ3n) is 4.21. The first-order chi connectivity index (χ1) is 10.3. The molecule has 1 atom stereocenters. The predicted octanol–water partition coefficient (Wildman–Crippen LogP) is 2.54. The second-order valence-electron chi connectivity index (χ2n) is 5.98. The molecule has 1 aromatic rings. The van der Waals surface area contributed by atoms with Crippen molar-refractivity contribution in [2.24, 2.45) is 0 Å². The molecule has 120 valence electrons. The summed E-state index contributed by atoms with van der Waals surface area (Å²) in [6.45, 7) is 4.02. The zero-order valence-electron chi connectivity index (χ0n) is 12.7. The lowest BCUT2D eigenvalue weighted by Crippen LogP contribution is -2.47. The Morgan fingerprint density at radius 1 is 1.32 bits per heavy atom. The number of hydrogen-bond acceptors (Lipinski definition) is 3. The van der Waals surface area contributed by atoms with Gasteiger partial charge in [0, 0.05) is 23.0 Å². The number of nitrogens with zero attached hydrogens (tertiary/aromatic N) is 1. The Bertz CT molecular complexity index is 556. The van der Waals surface area contributed by atoms with Gasteiger partial charge in [0.25, 0.3) is 0 Å². The maximum absolute atomic E-state index is 12.3. The van der Waals surface area contributed by atoms with Gasteiger partial charge in [0.2, 0.25) is 5.91 Å². The lowest BCUT2D eigenvalue weighted by molar-refractivity contribution is -0.147. The molecule has 1 fully saturated rings. The molecular formula is C16H20ClNO4. The first-order valence-electron chi connectivity index (χ1n) is 7.18. The third kappa shape index (κ3) is 3.59. The summed E-state index contributed by atoms with van der Waals surface area (Å²) in [5, 5.41) is 9.24. The summed E-state index contributed by atoms with van der Waals surface area (Å²) in [4.78, 5) is 24.5. The molecule has 0 radical (unpaired) electrons. The van der Waals surface area contributed by atoms with Crippen LogP contribution in [-0.2, 0) is 14.3 Å². The van der Waals surface area contributed by atoms with Crippen molar-refractivity contribution in [3.05, 3.63) is 34.9 Å². The maximum atomic E-state index is 12.3. The van der Waals surface area contributed by atoms with Gasteiger partial charge in [0.15, 0.2) is 0 Å². The molecule has 0 spiro atoms. The van der Waals surface area contributed by atoms with Crippen molar-refractivity contribution >= 4 is 23.5 Å². The quantitative estimate of drug-likeness (QED) is 0.903. The second-order valence-corrected chi connectivity index (χ2v) is 6.41. The van der Waals surface area contributed by atoms with Gasteiger partial charge < -0.3 is 14.7 Å². The van der Waals surface area contributed by atoms with E-state index in [-0.39, 0.29) is 24.0 Å². The van der Waals surface area contributed by atoms with Crippen LogP contribution in [0.4, 0.5) is 0 Å². The van der Waals surface area contributed by atoms with Crippen LogP contribution in [0.1, 0.15) is 31.7 Å². The number of aliphatic carboxylic acids is 1. The third-order valence-corrected chi connectivity index (χ3v) is 4.47. The van der Waals surface area contributed by atoms with Crippen molar-refractivity contribution < 1.29 is 19.4 Å². The SMILES string of the molecule is CC1(C)C(c2ccc(Cl)cc2)CCN1C(=O)COCC(=O)O. The van der Waals surface area contributed by atoms with Crippen molar-refractivity contribution in [2.75, 3.05) is 19.8 Å². The van der Waals surface area contributed by atoms with E-state index < -0.39 is 12.6 Å². The van der Waals surface area contributed by atoms with E-state index in [2.05, 4.69) is 0 Å². The Morgan fingerprint density at radius 2 is 1.95 bits per heavy atom. The van der Waals surface area contributed by atoms with Gasteiger partial charge in [0.05, 0.1) is 0 Å². The molecule has 2 rings (SSSR count). The van der Waals surface area contributed by atoms with Gasteiger partial charge >= 0.3 is 5.97 Å². The molecule has 1 amide bonds. The highest BCUT2D eigenvalue weighted by Crippen LogP contribution is 2.41. The molecule has 0 aromatic heterocycles. The van der Waals surface area contributed by atoms with Gasteiger partial charge in [0.1, 0.15) is 13.2 Å². The average molecular weight is 326 g/mol. The molecule has 6 heteroatoms. The zero-order valence-corrected chi connectivity index (χ0v) is 13.5. The summed E-state index contributed by atoms with van der Waals surface area (Å²) in [7, 11) is 0. The van der Waals surface area contributed by atoms with Crippen molar-refractivity contribution in [3.63, 3.8) is 0 Å². The van der Waals surface area contributed by atoms with E-state index in [1.165, 1.54) is 0 Å². The Morgan fingerprint density at radius 3 is 2.55 bits per heavy atom. The van der Waals surface area contributed by atoms with E-state index in [9.17, 15) is 9.59 Å². The van der Waals surface area contributed by atoms with Crippen molar-refractivity contribution in [1.29, 1.82) is 0 Å². The molecule has 1 aromatic carbocycles. The molecule has 1 saturated heterocycles. The monoisotopic (exact) mass is 325 g/mol. The summed E-state index contributed by atoms with van der Waals surface area (Å²) in [5.41, 5.74) is 0.800. The Labute approximate surface area is 134 Å². The fraction of sp³-hybridized carbons (Fsp3) is 0.500. The van der Waals surface area contributed by atoms with E-state index in [0.29, 0.717) is 11.6 Å². The number of carbonyl (C=O) groups is 2. The molecule has 1 aliphatic rings. The largest absolute Gasteiger partial charge is 0.480 e. The summed E-state index contributed by atoms with van der Waals surface area (Å²) >= 11 is 5.92. The summed E-state index contributed by atoms with van der Waals surface area (Å²) in [5.74, 6) is -1.04. The van der Waals surface area contributed by atoms with Crippen molar-refractivity contribution in [1.82, 2.24) is 4.90 Å². The number of carboxylic acids is 1.